The average Bonchev–Trinajstić information content (AvgIpc) is 3.00. The summed E-state index contributed by atoms with van der Waals surface area (Å²) in [7, 11) is 0. The number of hydrogen-bond donors (Lipinski definition) is 0. The van der Waals surface area contributed by atoms with Crippen molar-refractivity contribution in [3.63, 3.8) is 0 Å². The number of imide groups is 1. The second-order valence-corrected chi connectivity index (χ2v) is 7.16. The summed E-state index contributed by atoms with van der Waals surface area (Å²) >= 11 is 0. The first-order chi connectivity index (χ1) is 14.1. The van der Waals surface area contributed by atoms with Crippen LogP contribution >= 0.6 is 0 Å². The van der Waals surface area contributed by atoms with Gasteiger partial charge in [0, 0.05) is 51.2 Å². The summed E-state index contributed by atoms with van der Waals surface area (Å²) in [6, 6.07) is 8.53. The van der Waals surface area contributed by atoms with Crippen molar-refractivity contribution >= 4 is 17.7 Å². The molecule has 0 unspecified atom stereocenters. The number of nitrogens with zero attached hydrogens (tertiary/aromatic N) is 4. The van der Waals surface area contributed by atoms with Crippen LogP contribution in [0.15, 0.2) is 42.9 Å². The predicted octanol–water partition coefficient (Wildman–Crippen LogP) is 1.92. The minimum absolute atomic E-state index is 0.0345. The van der Waals surface area contributed by atoms with Crippen molar-refractivity contribution in [1.82, 2.24) is 19.8 Å². The first kappa shape index (κ1) is 19.0. The molecule has 2 aromatic rings. The van der Waals surface area contributed by atoms with Gasteiger partial charge < -0.3 is 9.64 Å². The minimum Gasteiger partial charge on any atom is -0.474 e. The highest BCUT2D eigenvalue weighted by atomic mass is 16.5. The molecule has 3 heterocycles. The lowest BCUT2D eigenvalue weighted by Gasteiger charge is -2.32. The fraction of sp³-hybridized carbons (Fsp3) is 0.381. The molecule has 0 aliphatic carbocycles. The second kappa shape index (κ2) is 8.38. The molecule has 1 saturated heterocycles. The zero-order chi connectivity index (χ0) is 20.2. The number of carbonyl (C=O) groups excluding carboxylic acids is 3. The van der Waals surface area contributed by atoms with E-state index in [0.29, 0.717) is 42.9 Å². The summed E-state index contributed by atoms with van der Waals surface area (Å²) in [4.78, 5) is 48.2. The van der Waals surface area contributed by atoms with Crippen molar-refractivity contribution in [2.45, 2.75) is 31.8 Å². The third-order valence-corrected chi connectivity index (χ3v) is 5.29. The lowest BCUT2D eigenvalue weighted by Crippen LogP contribution is -2.42. The smallest absolute Gasteiger partial charge is 0.261 e. The monoisotopic (exact) mass is 394 g/mol. The molecule has 0 bridgehead atoms. The van der Waals surface area contributed by atoms with Gasteiger partial charge in [0.25, 0.3) is 11.8 Å². The second-order valence-electron chi connectivity index (χ2n) is 7.16. The summed E-state index contributed by atoms with van der Waals surface area (Å²) in [6.07, 6.45) is 5.37. The van der Waals surface area contributed by atoms with Crippen LogP contribution < -0.4 is 4.74 Å². The van der Waals surface area contributed by atoms with Crippen LogP contribution in [-0.4, -0.2) is 63.2 Å². The first-order valence-electron chi connectivity index (χ1n) is 9.79. The fourth-order valence-corrected chi connectivity index (χ4v) is 3.73. The van der Waals surface area contributed by atoms with E-state index >= 15 is 0 Å². The molecule has 0 atom stereocenters. The number of aromatic nitrogens is 2. The third kappa shape index (κ3) is 4.11. The maximum absolute atomic E-state index is 12.5. The van der Waals surface area contributed by atoms with E-state index < -0.39 is 0 Å². The first-order valence-corrected chi connectivity index (χ1v) is 9.79. The zero-order valence-electron chi connectivity index (χ0n) is 16.0. The molecule has 2 aliphatic heterocycles. The fourth-order valence-electron chi connectivity index (χ4n) is 3.73. The number of benzene rings is 1. The van der Waals surface area contributed by atoms with Crippen molar-refractivity contribution < 1.29 is 19.1 Å². The van der Waals surface area contributed by atoms with Crippen molar-refractivity contribution in [2.75, 3.05) is 19.6 Å². The summed E-state index contributed by atoms with van der Waals surface area (Å²) < 4.78 is 5.82. The molecule has 0 radical (unpaired) electrons. The number of amides is 3. The lowest BCUT2D eigenvalue weighted by atomic mass is 10.1. The topological polar surface area (TPSA) is 92.7 Å². The molecule has 3 amide bonds. The molecule has 150 valence electrons. The molecule has 29 heavy (non-hydrogen) atoms. The molecule has 8 nitrogen and oxygen atoms in total. The van der Waals surface area contributed by atoms with Crippen LogP contribution in [0.3, 0.4) is 0 Å². The van der Waals surface area contributed by atoms with E-state index in [1.54, 1.807) is 36.5 Å². The van der Waals surface area contributed by atoms with Crippen LogP contribution in [0.25, 0.3) is 0 Å². The number of likely N-dealkylation sites (tertiary alicyclic amines) is 1. The van der Waals surface area contributed by atoms with Crippen LogP contribution in [0.5, 0.6) is 5.88 Å². The Labute approximate surface area is 168 Å². The van der Waals surface area contributed by atoms with Crippen molar-refractivity contribution in [1.29, 1.82) is 0 Å². The molecule has 1 aromatic heterocycles. The molecule has 1 fully saturated rings. The molecule has 8 heteroatoms. The lowest BCUT2D eigenvalue weighted by molar-refractivity contribution is -0.133. The van der Waals surface area contributed by atoms with E-state index in [1.807, 2.05) is 4.90 Å². The number of piperidine rings is 1. The summed E-state index contributed by atoms with van der Waals surface area (Å²) in [5.41, 5.74) is 0.879. The normalized spacial score (nSPS) is 16.8. The SMILES string of the molecule is O=C(CCCN1C(=O)c2ccccc2C1=O)N1CCC(Oc2ccncn2)CC1. The Bertz CT molecular complexity index is 875. The molecular weight excluding hydrogens is 372 g/mol. The van der Waals surface area contributed by atoms with Gasteiger partial charge in [0.15, 0.2) is 0 Å². The van der Waals surface area contributed by atoms with Gasteiger partial charge in [-0.25, -0.2) is 9.97 Å². The van der Waals surface area contributed by atoms with Crippen molar-refractivity contribution in [3.05, 3.63) is 54.0 Å². The van der Waals surface area contributed by atoms with Gasteiger partial charge in [-0.15, -0.1) is 0 Å². The van der Waals surface area contributed by atoms with Gasteiger partial charge >= 0.3 is 0 Å². The predicted molar refractivity (Wildman–Crippen MR) is 103 cm³/mol. The van der Waals surface area contributed by atoms with Crippen molar-refractivity contribution in [3.8, 4) is 5.88 Å². The molecule has 4 rings (SSSR count). The van der Waals surface area contributed by atoms with Gasteiger partial charge in [-0.2, -0.15) is 0 Å². The van der Waals surface area contributed by atoms with E-state index in [2.05, 4.69) is 9.97 Å². The number of ether oxygens (including phenoxy) is 1. The summed E-state index contributed by atoms with van der Waals surface area (Å²) in [5.74, 6) is 0.0364. The number of fused-ring (bicyclic) bond motifs is 1. The quantitative estimate of drug-likeness (QED) is 0.695. The molecule has 1 aromatic carbocycles. The highest BCUT2D eigenvalue weighted by Gasteiger charge is 2.34. The van der Waals surface area contributed by atoms with E-state index in [0.717, 1.165) is 12.8 Å². The summed E-state index contributed by atoms with van der Waals surface area (Å²) in [6.45, 7) is 1.51. The average molecular weight is 394 g/mol. The maximum atomic E-state index is 12.5. The van der Waals surface area contributed by atoms with Crippen LogP contribution in [0, 0.1) is 0 Å². The third-order valence-electron chi connectivity index (χ3n) is 5.29. The Balaban J connectivity index is 1.21. The minimum atomic E-state index is -0.277. The highest BCUT2D eigenvalue weighted by molar-refractivity contribution is 6.21. The van der Waals surface area contributed by atoms with Gasteiger partial charge in [-0.05, 0) is 18.6 Å². The number of hydrogen-bond acceptors (Lipinski definition) is 6. The molecule has 2 aliphatic rings. The van der Waals surface area contributed by atoms with Gasteiger partial charge in [-0.1, -0.05) is 12.1 Å². The van der Waals surface area contributed by atoms with Crippen LogP contribution in [0.1, 0.15) is 46.4 Å². The van der Waals surface area contributed by atoms with E-state index in [4.69, 9.17) is 4.74 Å². The van der Waals surface area contributed by atoms with Gasteiger partial charge in [0.1, 0.15) is 12.4 Å². The Morgan fingerprint density at radius 3 is 2.38 bits per heavy atom. The van der Waals surface area contributed by atoms with Gasteiger partial charge in [0.2, 0.25) is 11.8 Å². The van der Waals surface area contributed by atoms with Gasteiger partial charge in [-0.3, -0.25) is 19.3 Å². The number of carbonyl (C=O) groups is 3. The Kier molecular flexibility index (Phi) is 5.50. The Morgan fingerprint density at radius 1 is 1.07 bits per heavy atom. The van der Waals surface area contributed by atoms with Crippen molar-refractivity contribution in [2.24, 2.45) is 0 Å². The van der Waals surface area contributed by atoms with Crippen LogP contribution in [-0.2, 0) is 4.79 Å². The van der Waals surface area contributed by atoms with Crippen LogP contribution in [0.2, 0.25) is 0 Å². The number of rotatable bonds is 6. The molecule has 0 saturated carbocycles. The van der Waals surface area contributed by atoms with Crippen LogP contribution in [0.4, 0.5) is 0 Å². The summed E-state index contributed by atoms with van der Waals surface area (Å²) in [5, 5.41) is 0. The standard InChI is InChI=1S/C21H22N4O4/c26-19(24-12-8-15(9-13-24)29-18-7-10-22-14-23-18)6-3-11-25-20(27)16-4-1-2-5-17(16)21(25)28/h1-2,4-5,7,10,14-15H,3,6,8-9,11-13H2. The molecular formula is C21H22N4O4. The zero-order valence-corrected chi connectivity index (χ0v) is 16.0. The molecule has 0 N–H and O–H groups in total. The largest absolute Gasteiger partial charge is 0.474 e. The van der Waals surface area contributed by atoms with E-state index in [9.17, 15) is 14.4 Å². The Morgan fingerprint density at radius 2 is 1.76 bits per heavy atom. The van der Waals surface area contributed by atoms with E-state index in [-0.39, 0.29) is 30.4 Å². The highest BCUT2D eigenvalue weighted by Crippen LogP contribution is 2.23. The van der Waals surface area contributed by atoms with E-state index in [1.165, 1.54) is 11.2 Å². The Hall–Kier alpha value is -3.29. The maximum Gasteiger partial charge on any atom is 0.261 e. The molecule has 0 spiro atoms. The van der Waals surface area contributed by atoms with Gasteiger partial charge in [0.05, 0.1) is 11.1 Å².